The summed E-state index contributed by atoms with van der Waals surface area (Å²) in [6, 6.07) is 6.39. The van der Waals surface area contributed by atoms with Gasteiger partial charge in [-0.2, -0.15) is 0 Å². The van der Waals surface area contributed by atoms with Crippen LogP contribution in [0.15, 0.2) is 30.6 Å². The van der Waals surface area contributed by atoms with Crippen LogP contribution in [-0.4, -0.2) is 27.6 Å². The normalized spacial score (nSPS) is 12.9. The maximum Gasteiger partial charge on any atom is 0.315 e. The zero-order valence-corrected chi connectivity index (χ0v) is 12.6. The van der Waals surface area contributed by atoms with Gasteiger partial charge < -0.3 is 10.6 Å². The summed E-state index contributed by atoms with van der Waals surface area (Å²) in [5.74, 6) is 0. The molecule has 1 aromatic heterocycles. The number of aromatic nitrogens is 3. The van der Waals surface area contributed by atoms with Crippen LogP contribution in [0.3, 0.4) is 0 Å². The van der Waals surface area contributed by atoms with Crippen molar-refractivity contribution in [1.29, 1.82) is 0 Å². The second-order valence-corrected chi connectivity index (χ2v) is 5.59. The second kappa shape index (κ2) is 7.06. The van der Waals surface area contributed by atoms with Gasteiger partial charge in [0.2, 0.25) is 0 Å². The van der Waals surface area contributed by atoms with Crippen LogP contribution >= 0.6 is 0 Å². The summed E-state index contributed by atoms with van der Waals surface area (Å²) in [5.41, 5.74) is 4.06. The van der Waals surface area contributed by atoms with Crippen molar-refractivity contribution in [1.82, 2.24) is 25.6 Å². The number of urea groups is 1. The molecule has 2 N–H and O–H groups in total. The van der Waals surface area contributed by atoms with Crippen LogP contribution in [0.1, 0.15) is 29.5 Å². The van der Waals surface area contributed by atoms with Crippen LogP contribution in [0, 0.1) is 0 Å². The number of carbonyl (C=O) groups excluding carboxylic acids is 1. The van der Waals surface area contributed by atoms with Gasteiger partial charge >= 0.3 is 6.03 Å². The maximum atomic E-state index is 11.8. The Morgan fingerprint density at radius 2 is 2.14 bits per heavy atom. The Labute approximate surface area is 129 Å². The van der Waals surface area contributed by atoms with Crippen LogP contribution < -0.4 is 10.6 Å². The van der Waals surface area contributed by atoms with Crippen molar-refractivity contribution in [2.75, 3.05) is 6.54 Å². The molecule has 6 nitrogen and oxygen atoms in total. The van der Waals surface area contributed by atoms with E-state index in [9.17, 15) is 4.79 Å². The molecule has 6 heteroatoms. The number of aryl methyl sites for hydroxylation is 3. The van der Waals surface area contributed by atoms with E-state index in [4.69, 9.17) is 0 Å². The van der Waals surface area contributed by atoms with Gasteiger partial charge in [0.1, 0.15) is 0 Å². The van der Waals surface area contributed by atoms with Gasteiger partial charge in [-0.25, -0.2) is 4.79 Å². The average Bonchev–Trinajstić information content (AvgIpc) is 3.20. The van der Waals surface area contributed by atoms with Crippen molar-refractivity contribution < 1.29 is 4.79 Å². The molecule has 0 aliphatic heterocycles. The fourth-order valence-electron chi connectivity index (χ4n) is 2.77. The van der Waals surface area contributed by atoms with Crippen LogP contribution in [-0.2, 0) is 25.9 Å². The van der Waals surface area contributed by atoms with E-state index in [0.717, 1.165) is 19.4 Å². The molecule has 1 aliphatic rings. The number of carbonyl (C=O) groups is 1. The smallest absolute Gasteiger partial charge is 0.315 e. The highest BCUT2D eigenvalue weighted by atomic mass is 16.2. The fourth-order valence-corrected chi connectivity index (χ4v) is 2.77. The molecule has 2 aromatic rings. The lowest BCUT2D eigenvalue weighted by Gasteiger charge is -2.09. The average molecular weight is 299 g/mol. The first-order valence-corrected chi connectivity index (χ1v) is 7.78. The molecular weight excluding hydrogens is 278 g/mol. The standard InChI is InChI=1S/C16H21N5O/c22-16(17-7-2-9-21-10-8-19-20-21)18-12-13-5-6-14-3-1-4-15(14)11-13/h5-6,8,10-11H,1-4,7,9,12H2,(H2,17,18,22). The lowest BCUT2D eigenvalue weighted by Crippen LogP contribution is -2.35. The molecule has 0 spiro atoms. The summed E-state index contributed by atoms with van der Waals surface area (Å²) in [4.78, 5) is 11.8. The van der Waals surface area contributed by atoms with E-state index in [1.165, 1.54) is 29.5 Å². The van der Waals surface area contributed by atoms with Crippen molar-refractivity contribution in [3.8, 4) is 0 Å². The molecule has 3 rings (SSSR count). The topological polar surface area (TPSA) is 71.8 Å². The minimum Gasteiger partial charge on any atom is -0.338 e. The first-order valence-electron chi connectivity index (χ1n) is 7.78. The van der Waals surface area contributed by atoms with Crippen LogP contribution in [0.4, 0.5) is 4.79 Å². The zero-order chi connectivity index (χ0) is 15.2. The summed E-state index contributed by atoms with van der Waals surface area (Å²) in [7, 11) is 0. The third-order valence-electron chi connectivity index (χ3n) is 3.94. The van der Waals surface area contributed by atoms with Crippen molar-refractivity contribution in [3.63, 3.8) is 0 Å². The number of benzene rings is 1. The lowest BCUT2D eigenvalue weighted by molar-refractivity contribution is 0.240. The number of hydrogen-bond acceptors (Lipinski definition) is 3. The molecule has 22 heavy (non-hydrogen) atoms. The molecule has 0 bridgehead atoms. The largest absolute Gasteiger partial charge is 0.338 e. The maximum absolute atomic E-state index is 11.8. The summed E-state index contributed by atoms with van der Waals surface area (Å²) in [6.07, 6.45) is 7.89. The third-order valence-corrected chi connectivity index (χ3v) is 3.94. The number of nitrogens with zero attached hydrogens (tertiary/aromatic N) is 3. The molecule has 1 heterocycles. The van der Waals surface area contributed by atoms with E-state index in [0.29, 0.717) is 13.1 Å². The number of nitrogens with one attached hydrogen (secondary N) is 2. The molecular formula is C16H21N5O. The SMILES string of the molecule is O=C(NCCCn1ccnn1)NCc1ccc2c(c1)CCC2. The Balaban J connectivity index is 1.35. The summed E-state index contributed by atoms with van der Waals surface area (Å²) < 4.78 is 1.75. The van der Waals surface area contributed by atoms with E-state index in [1.54, 1.807) is 10.9 Å². The fraction of sp³-hybridized carbons (Fsp3) is 0.438. The number of rotatable bonds is 6. The molecule has 116 valence electrons. The molecule has 0 atom stereocenters. The molecule has 1 aromatic carbocycles. The second-order valence-electron chi connectivity index (χ2n) is 5.59. The Bertz CT molecular complexity index is 623. The quantitative estimate of drug-likeness (QED) is 0.797. The summed E-state index contributed by atoms with van der Waals surface area (Å²) >= 11 is 0. The van der Waals surface area contributed by atoms with Gasteiger partial charge in [0.15, 0.2) is 0 Å². The molecule has 0 fully saturated rings. The molecule has 0 radical (unpaired) electrons. The first-order chi connectivity index (χ1) is 10.8. The number of amides is 2. The van der Waals surface area contributed by atoms with Gasteiger partial charge in [-0.15, -0.1) is 5.10 Å². The highest BCUT2D eigenvalue weighted by Crippen LogP contribution is 2.22. The Morgan fingerprint density at radius 3 is 3.00 bits per heavy atom. The van der Waals surface area contributed by atoms with E-state index in [1.807, 2.05) is 6.20 Å². The zero-order valence-electron chi connectivity index (χ0n) is 12.6. The molecule has 0 saturated carbocycles. The highest BCUT2D eigenvalue weighted by molar-refractivity contribution is 5.73. The molecule has 0 saturated heterocycles. The first kappa shape index (κ1) is 14.6. The van der Waals surface area contributed by atoms with Crippen molar-refractivity contribution in [3.05, 3.63) is 47.3 Å². The van der Waals surface area contributed by atoms with Crippen LogP contribution in [0.5, 0.6) is 0 Å². The summed E-state index contributed by atoms with van der Waals surface area (Å²) in [6.45, 7) is 1.95. The van der Waals surface area contributed by atoms with Crippen molar-refractivity contribution in [2.24, 2.45) is 0 Å². The minimum atomic E-state index is -0.126. The van der Waals surface area contributed by atoms with Gasteiger partial charge in [-0.1, -0.05) is 23.4 Å². The lowest BCUT2D eigenvalue weighted by atomic mass is 10.1. The minimum absolute atomic E-state index is 0.126. The molecule has 0 unspecified atom stereocenters. The third kappa shape index (κ3) is 3.84. The van der Waals surface area contributed by atoms with Crippen LogP contribution in [0.2, 0.25) is 0 Å². The monoisotopic (exact) mass is 299 g/mol. The van der Waals surface area contributed by atoms with Gasteiger partial charge in [0, 0.05) is 25.8 Å². The van der Waals surface area contributed by atoms with E-state index in [2.05, 4.69) is 39.1 Å². The van der Waals surface area contributed by atoms with Gasteiger partial charge in [0.25, 0.3) is 0 Å². The number of fused-ring (bicyclic) bond motifs is 1. The van der Waals surface area contributed by atoms with E-state index >= 15 is 0 Å². The predicted molar refractivity (Wildman–Crippen MR) is 83.3 cm³/mol. The predicted octanol–water partition coefficient (Wildman–Crippen LogP) is 1.66. The molecule has 1 aliphatic carbocycles. The Kier molecular flexibility index (Phi) is 4.68. The summed E-state index contributed by atoms with van der Waals surface area (Å²) in [5, 5.41) is 13.4. The van der Waals surface area contributed by atoms with E-state index in [-0.39, 0.29) is 6.03 Å². The molecule has 2 amide bonds. The highest BCUT2D eigenvalue weighted by Gasteiger charge is 2.10. The Morgan fingerprint density at radius 1 is 1.23 bits per heavy atom. The van der Waals surface area contributed by atoms with Gasteiger partial charge in [-0.05, 0) is 42.4 Å². The Hall–Kier alpha value is -2.37. The number of hydrogen-bond donors (Lipinski definition) is 2. The van der Waals surface area contributed by atoms with E-state index < -0.39 is 0 Å². The van der Waals surface area contributed by atoms with Crippen molar-refractivity contribution >= 4 is 6.03 Å². The van der Waals surface area contributed by atoms with Gasteiger partial charge in [0.05, 0.1) is 6.20 Å². The van der Waals surface area contributed by atoms with Crippen molar-refractivity contribution in [2.45, 2.75) is 38.8 Å². The van der Waals surface area contributed by atoms with Gasteiger partial charge in [-0.3, -0.25) is 4.68 Å². The van der Waals surface area contributed by atoms with Crippen LogP contribution in [0.25, 0.3) is 0 Å².